The maximum Gasteiger partial charge on any atom is 0.159 e. The van der Waals surface area contributed by atoms with Crippen LogP contribution >= 0.6 is 0 Å². The van der Waals surface area contributed by atoms with Crippen molar-refractivity contribution >= 4 is 10.8 Å². The molecule has 0 amide bonds. The molecule has 0 spiro atoms. The molecule has 1 fully saturated rings. The maximum atomic E-state index is 13.5. The van der Waals surface area contributed by atoms with E-state index in [-0.39, 0.29) is 6.04 Å². The highest BCUT2D eigenvalue weighted by Gasteiger charge is 2.30. The smallest absolute Gasteiger partial charge is 0.159 e. The third kappa shape index (κ3) is 4.46. The molecule has 0 radical (unpaired) electrons. The molecule has 1 unspecified atom stereocenters. The van der Waals surface area contributed by atoms with Gasteiger partial charge in [0.05, 0.1) is 6.04 Å². The summed E-state index contributed by atoms with van der Waals surface area (Å²) in [7, 11) is 0. The van der Waals surface area contributed by atoms with Gasteiger partial charge in [-0.25, -0.2) is 14.2 Å². The van der Waals surface area contributed by atoms with Crippen LogP contribution in [0.2, 0.25) is 0 Å². The molecule has 4 nitrogen and oxygen atoms in total. The Kier molecular flexibility index (Phi) is 6.42. The number of hydrogen-bond donors (Lipinski definition) is 3. The molecule has 2 aliphatic rings. The largest absolute Gasteiger partial charge is 0.317 e. The Morgan fingerprint density at radius 1 is 1.04 bits per heavy atom. The molecule has 4 rings (SSSR count). The number of nitrogens with zero attached hydrogens (tertiary/aromatic N) is 1. The van der Waals surface area contributed by atoms with E-state index in [1.165, 1.54) is 17.7 Å². The van der Waals surface area contributed by atoms with Crippen LogP contribution in [0.15, 0.2) is 42.1 Å². The molecule has 146 valence electrons. The van der Waals surface area contributed by atoms with E-state index in [0.717, 1.165) is 36.7 Å². The Hall–Kier alpha value is -2.02. The number of rotatable bonds is 3. The molecular formula is C21H27F2N3O. The van der Waals surface area contributed by atoms with Gasteiger partial charge in [-0.3, -0.25) is 5.21 Å². The normalized spacial score (nSPS) is 20.4. The Morgan fingerprint density at radius 2 is 1.70 bits per heavy atom. The van der Waals surface area contributed by atoms with Crippen molar-refractivity contribution in [2.75, 3.05) is 13.1 Å². The number of piperidine rings is 1. The summed E-state index contributed by atoms with van der Waals surface area (Å²) in [5, 5.41) is 15.6. The van der Waals surface area contributed by atoms with E-state index in [0.29, 0.717) is 23.1 Å². The first-order valence-corrected chi connectivity index (χ1v) is 9.64. The quantitative estimate of drug-likeness (QED) is 0.754. The SMILES string of the molecule is CC.ON1C=C(C2CCNCC2)C(Cc2ccc3cc(F)c(F)cc3c2)N1. The van der Waals surface area contributed by atoms with Crippen LogP contribution in [-0.2, 0) is 6.42 Å². The Balaban J connectivity index is 0.00000102. The average molecular weight is 375 g/mol. The van der Waals surface area contributed by atoms with Crippen molar-refractivity contribution in [3.63, 3.8) is 0 Å². The second kappa shape index (κ2) is 8.78. The topological polar surface area (TPSA) is 47.5 Å². The second-order valence-corrected chi connectivity index (χ2v) is 6.83. The van der Waals surface area contributed by atoms with Gasteiger partial charge in [-0.1, -0.05) is 32.0 Å². The van der Waals surface area contributed by atoms with Gasteiger partial charge < -0.3 is 5.32 Å². The lowest BCUT2D eigenvalue weighted by Gasteiger charge is -2.27. The third-order valence-corrected chi connectivity index (χ3v) is 5.16. The van der Waals surface area contributed by atoms with Crippen LogP contribution in [0, 0.1) is 17.6 Å². The zero-order chi connectivity index (χ0) is 19.4. The average Bonchev–Trinajstić information content (AvgIpc) is 3.05. The van der Waals surface area contributed by atoms with Crippen LogP contribution in [0.25, 0.3) is 10.8 Å². The Morgan fingerprint density at radius 3 is 2.41 bits per heavy atom. The summed E-state index contributed by atoms with van der Waals surface area (Å²) in [5.74, 6) is -1.21. The third-order valence-electron chi connectivity index (χ3n) is 5.16. The van der Waals surface area contributed by atoms with Gasteiger partial charge >= 0.3 is 0 Å². The minimum absolute atomic E-state index is 0.0100. The molecule has 6 heteroatoms. The van der Waals surface area contributed by atoms with Crippen molar-refractivity contribution in [1.29, 1.82) is 0 Å². The summed E-state index contributed by atoms with van der Waals surface area (Å²) in [6, 6.07) is 8.10. The van der Waals surface area contributed by atoms with Crippen LogP contribution in [0.5, 0.6) is 0 Å². The predicted molar refractivity (Wildman–Crippen MR) is 103 cm³/mol. The van der Waals surface area contributed by atoms with E-state index >= 15 is 0 Å². The summed E-state index contributed by atoms with van der Waals surface area (Å²) in [6.07, 6.45) is 4.57. The lowest BCUT2D eigenvalue weighted by Crippen LogP contribution is -2.38. The molecule has 2 aromatic carbocycles. The Bertz CT molecular complexity index is 818. The molecule has 1 atom stereocenters. The van der Waals surface area contributed by atoms with Crippen LogP contribution in [-0.4, -0.2) is 29.5 Å². The van der Waals surface area contributed by atoms with Gasteiger partial charge in [0.15, 0.2) is 11.6 Å². The minimum Gasteiger partial charge on any atom is -0.317 e. The van der Waals surface area contributed by atoms with Gasteiger partial charge in [0.2, 0.25) is 0 Å². The summed E-state index contributed by atoms with van der Waals surface area (Å²) < 4.78 is 26.8. The highest BCUT2D eigenvalue weighted by molar-refractivity contribution is 5.83. The first-order valence-electron chi connectivity index (χ1n) is 9.64. The number of hydrogen-bond acceptors (Lipinski definition) is 4. The van der Waals surface area contributed by atoms with Crippen molar-refractivity contribution in [1.82, 2.24) is 15.9 Å². The first-order chi connectivity index (χ1) is 13.1. The number of halogens is 2. The molecular weight excluding hydrogens is 348 g/mol. The number of hydrazine groups is 1. The van der Waals surface area contributed by atoms with E-state index in [2.05, 4.69) is 10.7 Å². The van der Waals surface area contributed by atoms with E-state index < -0.39 is 11.6 Å². The number of hydroxylamine groups is 1. The van der Waals surface area contributed by atoms with Crippen molar-refractivity contribution in [2.45, 2.75) is 39.2 Å². The van der Waals surface area contributed by atoms with Gasteiger partial charge in [0.1, 0.15) is 0 Å². The van der Waals surface area contributed by atoms with E-state index in [1.54, 1.807) is 6.20 Å². The summed E-state index contributed by atoms with van der Waals surface area (Å²) in [5.41, 5.74) is 5.28. The van der Waals surface area contributed by atoms with E-state index in [1.807, 2.05) is 32.0 Å². The van der Waals surface area contributed by atoms with Crippen LogP contribution in [0.3, 0.4) is 0 Å². The van der Waals surface area contributed by atoms with E-state index in [4.69, 9.17) is 0 Å². The molecule has 2 aliphatic heterocycles. The Labute approximate surface area is 158 Å². The molecule has 0 aromatic heterocycles. The molecule has 2 aromatic rings. The van der Waals surface area contributed by atoms with Crippen molar-refractivity contribution in [2.24, 2.45) is 5.92 Å². The van der Waals surface area contributed by atoms with Crippen LogP contribution < -0.4 is 10.7 Å². The molecule has 0 aliphatic carbocycles. The van der Waals surface area contributed by atoms with Crippen LogP contribution in [0.1, 0.15) is 32.3 Å². The summed E-state index contributed by atoms with van der Waals surface area (Å²) in [4.78, 5) is 0. The van der Waals surface area contributed by atoms with Gasteiger partial charge in [-0.15, -0.1) is 0 Å². The molecule has 3 N–H and O–H groups in total. The fourth-order valence-electron chi connectivity index (χ4n) is 3.87. The molecule has 1 saturated heterocycles. The molecule has 27 heavy (non-hydrogen) atoms. The molecule has 0 bridgehead atoms. The zero-order valence-electron chi connectivity index (χ0n) is 15.8. The number of benzene rings is 2. The second-order valence-electron chi connectivity index (χ2n) is 6.83. The van der Waals surface area contributed by atoms with E-state index in [9.17, 15) is 14.0 Å². The molecule has 0 saturated carbocycles. The lowest BCUT2D eigenvalue weighted by atomic mass is 9.84. The zero-order valence-corrected chi connectivity index (χ0v) is 15.8. The standard InChI is InChI=1S/C19H21F2N3O.C2H6/c20-17-9-14-2-1-12(7-15(14)10-18(17)21)8-19-16(11-24(25)23-19)13-3-5-22-6-4-13;1-2/h1-2,7,9-11,13,19,22-23,25H,3-6,8H2;1-2H3. The highest BCUT2D eigenvalue weighted by Crippen LogP contribution is 2.30. The predicted octanol–water partition coefficient (Wildman–Crippen LogP) is 4.15. The monoisotopic (exact) mass is 375 g/mol. The van der Waals surface area contributed by atoms with Gasteiger partial charge in [-0.05, 0) is 72.3 Å². The van der Waals surface area contributed by atoms with Gasteiger partial charge in [0.25, 0.3) is 0 Å². The highest BCUT2D eigenvalue weighted by atomic mass is 19.2. The number of nitrogens with one attached hydrogen (secondary N) is 2. The minimum atomic E-state index is -0.833. The summed E-state index contributed by atoms with van der Waals surface area (Å²) >= 11 is 0. The first kappa shape index (κ1) is 19.7. The number of fused-ring (bicyclic) bond motifs is 1. The van der Waals surface area contributed by atoms with Gasteiger partial charge in [-0.2, -0.15) is 5.17 Å². The lowest BCUT2D eigenvalue weighted by molar-refractivity contribution is -0.0839. The fourth-order valence-corrected chi connectivity index (χ4v) is 3.87. The van der Waals surface area contributed by atoms with Crippen molar-refractivity contribution < 1.29 is 14.0 Å². The molecule has 2 heterocycles. The van der Waals surface area contributed by atoms with Crippen molar-refractivity contribution in [3.05, 3.63) is 59.3 Å². The van der Waals surface area contributed by atoms with Gasteiger partial charge in [0, 0.05) is 6.20 Å². The van der Waals surface area contributed by atoms with Crippen LogP contribution in [0.4, 0.5) is 8.78 Å². The summed E-state index contributed by atoms with van der Waals surface area (Å²) in [6.45, 7) is 5.97. The maximum absolute atomic E-state index is 13.5. The fraction of sp³-hybridized carbons (Fsp3) is 0.429. The van der Waals surface area contributed by atoms with Crippen molar-refractivity contribution in [3.8, 4) is 0 Å².